The summed E-state index contributed by atoms with van der Waals surface area (Å²) in [7, 11) is 0. The zero-order chi connectivity index (χ0) is 17.5. The summed E-state index contributed by atoms with van der Waals surface area (Å²) >= 11 is 0. The van der Waals surface area contributed by atoms with Crippen molar-refractivity contribution in [3.8, 4) is 5.75 Å². The smallest absolute Gasteiger partial charge is 0.310 e. The van der Waals surface area contributed by atoms with E-state index in [1.165, 1.54) is 6.07 Å². The van der Waals surface area contributed by atoms with Gasteiger partial charge in [-0.2, -0.15) is 0 Å². The van der Waals surface area contributed by atoms with Gasteiger partial charge in [-0.3, -0.25) is 14.9 Å². The van der Waals surface area contributed by atoms with Crippen LogP contribution >= 0.6 is 0 Å². The number of phenols is 1. The Morgan fingerprint density at radius 3 is 2.58 bits per heavy atom. The summed E-state index contributed by atoms with van der Waals surface area (Å²) in [5.74, 6) is -1.02. The standard InChI is InChI=1S/C16H14N4O4/c1-11(9-12-5-3-2-4-6-12)16(22)18-19-17-13-7-8-14(20(23)24)15(21)10-13/h2-8,10,21H,1,9H2,(H,17,18,22). The molecule has 0 aliphatic heterocycles. The lowest BCUT2D eigenvalue weighted by atomic mass is 10.1. The van der Waals surface area contributed by atoms with Crippen molar-refractivity contribution in [1.29, 1.82) is 0 Å². The van der Waals surface area contributed by atoms with Crippen LogP contribution in [0.15, 0.2) is 71.0 Å². The maximum Gasteiger partial charge on any atom is 0.310 e. The molecule has 0 heterocycles. The molecule has 2 aromatic rings. The first kappa shape index (κ1) is 16.8. The number of amides is 1. The summed E-state index contributed by atoms with van der Waals surface area (Å²) < 4.78 is 0. The van der Waals surface area contributed by atoms with Crippen molar-refractivity contribution in [3.05, 3.63) is 76.4 Å². The van der Waals surface area contributed by atoms with Crippen LogP contribution in [0.5, 0.6) is 5.75 Å². The minimum Gasteiger partial charge on any atom is -0.502 e. The van der Waals surface area contributed by atoms with E-state index in [0.717, 1.165) is 17.7 Å². The lowest BCUT2D eigenvalue weighted by molar-refractivity contribution is -0.385. The molecule has 0 saturated carbocycles. The molecule has 0 radical (unpaired) electrons. The van der Waals surface area contributed by atoms with Crippen molar-refractivity contribution < 1.29 is 14.8 Å². The number of hydrogen-bond donors (Lipinski definition) is 2. The molecule has 2 N–H and O–H groups in total. The summed E-state index contributed by atoms with van der Waals surface area (Å²) in [6.45, 7) is 3.69. The summed E-state index contributed by atoms with van der Waals surface area (Å²) in [5.41, 5.74) is 3.19. The molecule has 0 aromatic heterocycles. The number of carbonyl (C=O) groups excluding carboxylic acids is 1. The molecule has 0 fully saturated rings. The molecule has 0 saturated heterocycles. The zero-order valence-corrected chi connectivity index (χ0v) is 12.5. The molecule has 0 aliphatic carbocycles. The van der Waals surface area contributed by atoms with Gasteiger partial charge in [0.2, 0.25) is 0 Å². The van der Waals surface area contributed by atoms with Gasteiger partial charge in [0.05, 0.1) is 10.6 Å². The van der Waals surface area contributed by atoms with Crippen molar-refractivity contribution in [3.63, 3.8) is 0 Å². The normalized spacial score (nSPS) is 10.5. The summed E-state index contributed by atoms with van der Waals surface area (Å²) in [6.07, 6.45) is 0.376. The number of aromatic hydroxyl groups is 1. The quantitative estimate of drug-likeness (QED) is 0.367. The van der Waals surface area contributed by atoms with Crippen molar-refractivity contribution in [2.75, 3.05) is 0 Å². The van der Waals surface area contributed by atoms with E-state index >= 15 is 0 Å². The highest BCUT2D eigenvalue weighted by Gasteiger charge is 2.13. The van der Waals surface area contributed by atoms with E-state index in [0.29, 0.717) is 12.0 Å². The Hall–Kier alpha value is -3.55. The summed E-state index contributed by atoms with van der Waals surface area (Å²) in [5, 5.41) is 27.2. The van der Waals surface area contributed by atoms with Crippen LogP contribution in [0.2, 0.25) is 0 Å². The average Bonchev–Trinajstić information content (AvgIpc) is 2.55. The molecule has 8 heteroatoms. The third kappa shape index (κ3) is 4.47. The molecule has 122 valence electrons. The molecule has 0 atom stereocenters. The molecule has 0 spiro atoms. The fourth-order valence-corrected chi connectivity index (χ4v) is 1.86. The van der Waals surface area contributed by atoms with Gasteiger partial charge in [-0.1, -0.05) is 42.1 Å². The van der Waals surface area contributed by atoms with Gasteiger partial charge in [0.25, 0.3) is 5.91 Å². The number of nitro groups is 1. The first-order valence-electron chi connectivity index (χ1n) is 6.87. The minimum absolute atomic E-state index is 0.159. The number of carbonyl (C=O) groups is 1. The fraction of sp³-hybridized carbons (Fsp3) is 0.0625. The van der Waals surface area contributed by atoms with Gasteiger partial charge >= 0.3 is 5.69 Å². The highest BCUT2D eigenvalue weighted by Crippen LogP contribution is 2.29. The van der Waals surface area contributed by atoms with E-state index in [2.05, 4.69) is 22.3 Å². The lowest BCUT2D eigenvalue weighted by Crippen LogP contribution is -2.19. The van der Waals surface area contributed by atoms with Crippen LogP contribution in [0, 0.1) is 10.1 Å². The number of benzene rings is 2. The first-order valence-corrected chi connectivity index (χ1v) is 6.87. The van der Waals surface area contributed by atoms with Crippen LogP contribution in [-0.2, 0) is 11.2 Å². The number of nitrogens with one attached hydrogen (secondary N) is 1. The van der Waals surface area contributed by atoms with Gasteiger partial charge in [0.15, 0.2) is 5.75 Å². The summed E-state index contributed by atoms with van der Waals surface area (Å²) in [4.78, 5) is 21.7. The maximum absolute atomic E-state index is 11.8. The van der Waals surface area contributed by atoms with Crippen LogP contribution in [-0.4, -0.2) is 15.9 Å². The lowest BCUT2D eigenvalue weighted by Gasteiger charge is -2.03. The number of nitro benzene ring substituents is 1. The van der Waals surface area contributed by atoms with E-state index in [1.54, 1.807) is 0 Å². The Morgan fingerprint density at radius 1 is 1.25 bits per heavy atom. The van der Waals surface area contributed by atoms with Crippen LogP contribution in [0.3, 0.4) is 0 Å². The highest BCUT2D eigenvalue weighted by molar-refractivity contribution is 5.92. The maximum atomic E-state index is 11.8. The van der Waals surface area contributed by atoms with Gasteiger partial charge in [-0.15, -0.1) is 5.11 Å². The summed E-state index contributed by atoms with van der Waals surface area (Å²) in [6, 6.07) is 12.8. The van der Waals surface area contributed by atoms with Crippen LogP contribution in [0.25, 0.3) is 0 Å². The topological polar surface area (TPSA) is 117 Å². The van der Waals surface area contributed by atoms with E-state index in [1.807, 2.05) is 30.3 Å². The van der Waals surface area contributed by atoms with Crippen LogP contribution < -0.4 is 5.43 Å². The van der Waals surface area contributed by atoms with Crippen molar-refractivity contribution in [1.82, 2.24) is 5.43 Å². The second-order valence-corrected chi connectivity index (χ2v) is 4.84. The third-order valence-electron chi connectivity index (χ3n) is 3.05. The molecule has 0 unspecified atom stereocenters. The van der Waals surface area contributed by atoms with Gasteiger partial charge in [0.1, 0.15) is 0 Å². The Bertz CT molecular complexity index is 803. The molecule has 24 heavy (non-hydrogen) atoms. The molecule has 0 bridgehead atoms. The molecule has 1 amide bonds. The van der Waals surface area contributed by atoms with Crippen LogP contribution in [0.1, 0.15) is 5.56 Å². The number of nitrogens with zero attached hydrogens (tertiary/aromatic N) is 3. The van der Waals surface area contributed by atoms with E-state index < -0.39 is 22.3 Å². The first-order chi connectivity index (χ1) is 11.5. The number of rotatable bonds is 6. The van der Waals surface area contributed by atoms with Gasteiger partial charge < -0.3 is 5.11 Å². The Labute approximate surface area is 137 Å². The monoisotopic (exact) mass is 326 g/mol. The van der Waals surface area contributed by atoms with E-state index in [4.69, 9.17) is 0 Å². The second-order valence-electron chi connectivity index (χ2n) is 4.84. The molecule has 2 rings (SSSR count). The van der Waals surface area contributed by atoms with Crippen molar-refractivity contribution in [2.24, 2.45) is 10.3 Å². The molecular weight excluding hydrogens is 312 g/mol. The van der Waals surface area contributed by atoms with Gasteiger partial charge in [-0.05, 0) is 11.6 Å². The number of phenolic OH excluding ortho intramolecular Hbond substituents is 1. The van der Waals surface area contributed by atoms with Gasteiger partial charge in [-0.25, -0.2) is 5.43 Å². The van der Waals surface area contributed by atoms with Gasteiger partial charge in [0, 0.05) is 24.1 Å². The van der Waals surface area contributed by atoms with E-state index in [9.17, 15) is 20.0 Å². The second kappa shape index (κ2) is 7.63. The molecule has 8 nitrogen and oxygen atoms in total. The van der Waals surface area contributed by atoms with Crippen molar-refractivity contribution in [2.45, 2.75) is 6.42 Å². The predicted octanol–water partition coefficient (Wildman–Crippen LogP) is 3.21. The number of hydrogen-bond acceptors (Lipinski definition) is 6. The average molecular weight is 326 g/mol. The molecule has 0 aliphatic rings. The Balaban J connectivity index is 1.93. The fourth-order valence-electron chi connectivity index (χ4n) is 1.86. The third-order valence-corrected chi connectivity index (χ3v) is 3.05. The molecular formula is C16H14N4O4. The highest BCUT2D eigenvalue weighted by atomic mass is 16.6. The Kier molecular flexibility index (Phi) is 5.35. The largest absolute Gasteiger partial charge is 0.502 e. The minimum atomic E-state index is -0.717. The molecule has 2 aromatic carbocycles. The van der Waals surface area contributed by atoms with Crippen molar-refractivity contribution >= 4 is 17.3 Å². The SMILES string of the molecule is C=C(Cc1ccccc1)C(=O)NN=Nc1ccc([N+](=O)[O-])c(O)c1. The zero-order valence-electron chi connectivity index (χ0n) is 12.5. The predicted molar refractivity (Wildman–Crippen MR) is 86.7 cm³/mol. The Morgan fingerprint density at radius 2 is 1.96 bits per heavy atom. The van der Waals surface area contributed by atoms with Crippen LogP contribution in [0.4, 0.5) is 11.4 Å². The van der Waals surface area contributed by atoms with E-state index in [-0.39, 0.29) is 5.69 Å².